The van der Waals surface area contributed by atoms with Crippen LogP contribution in [-0.4, -0.2) is 66.0 Å². The zero-order valence-corrected chi connectivity index (χ0v) is 16.8. The molecule has 1 aliphatic rings. The highest BCUT2D eigenvalue weighted by molar-refractivity contribution is 7.99. The molecule has 1 amide bonds. The zero-order chi connectivity index (χ0) is 15.2. The molecule has 1 saturated heterocycles. The number of nitrogens with two attached hydrogens (primary N) is 1. The number of hydrogen-bond acceptors (Lipinski definition) is 4. The zero-order valence-electron chi connectivity index (χ0n) is 14.3. The van der Waals surface area contributed by atoms with Crippen LogP contribution in [0.3, 0.4) is 0 Å². The number of halogens is 2. The molecule has 1 aliphatic heterocycles. The fourth-order valence-corrected chi connectivity index (χ4v) is 3.46. The number of likely N-dealkylation sites (tertiary alicyclic amines) is 1. The lowest BCUT2D eigenvalue weighted by Crippen LogP contribution is -2.54. The van der Waals surface area contributed by atoms with Gasteiger partial charge in [0, 0.05) is 31.4 Å². The number of rotatable bonds is 7. The van der Waals surface area contributed by atoms with E-state index in [1.807, 2.05) is 4.90 Å². The average molecular weight is 374 g/mol. The number of nitrogens with zero attached hydrogens (tertiary/aromatic N) is 2. The number of carbonyl (C=O) groups is 1. The molecule has 0 aromatic heterocycles. The summed E-state index contributed by atoms with van der Waals surface area (Å²) in [6, 6.07) is 0.210. The SMILES string of the molecule is CCN(CC)CCSCC(=O)N1CCC(N)C(C)(C)C1.Cl.Cl. The molecule has 0 radical (unpaired) electrons. The van der Waals surface area contributed by atoms with Crippen molar-refractivity contribution >= 4 is 42.5 Å². The molecule has 1 unspecified atom stereocenters. The first-order valence-electron chi connectivity index (χ1n) is 7.74. The molecule has 2 N–H and O–H groups in total. The molecule has 0 aromatic rings. The molecule has 4 nitrogen and oxygen atoms in total. The number of piperidine rings is 1. The summed E-state index contributed by atoms with van der Waals surface area (Å²) in [6.07, 6.45) is 0.919. The Morgan fingerprint density at radius 2 is 1.91 bits per heavy atom. The van der Waals surface area contributed by atoms with Gasteiger partial charge < -0.3 is 15.5 Å². The molecular weight excluding hydrogens is 341 g/mol. The molecule has 0 spiro atoms. The van der Waals surface area contributed by atoms with Gasteiger partial charge in [-0.15, -0.1) is 24.8 Å². The van der Waals surface area contributed by atoms with E-state index < -0.39 is 0 Å². The van der Waals surface area contributed by atoms with Gasteiger partial charge in [0.25, 0.3) is 0 Å². The van der Waals surface area contributed by atoms with Gasteiger partial charge in [-0.05, 0) is 24.9 Å². The van der Waals surface area contributed by atoms with Crippen LogP contribution in [0.4, 0.5) is 0 Å². The largest absolute Gasteiger partial charge is 0.341 e. The van der Waals surface area contributed by atoms with Crippen LogP contribution in [0.25, 0.3) is 0 Å². The van der Waals surface area contributed by atoms with Gasteiger partial charge in [-0.2, -0.15) is 11.8 Å². The summed E-state index contributed by atoms with van der Waals surface area (Å²) in [4.78, 5) is 16.6. The maximum atomic E-state index is 12.2. The van der Waals surface area contributed by atoms with E-state index in [0.717, 1.165) is 44.9 Å². The maximum Gasteiger partial charge on any atom is 0.232 e. The molecule has 1 fully saturated rings. The van der Waals surface area contributed by atoms with E-state index in [1.165, 1.54) is 0 Å². The Morgan fingerprint density at radius 3 is 2.41 bits per heavy atom. The van der Waals surface area contributed by atoms with Crippen molar-refractivity contribution < 1.29 is 4.79 Å². The van der Waals surface area contributed by atoms with Crippen molar-refractivity contribution in [1.29, 1.82) is 0 Å². The molecule has 0 saturated carbocycles. The number of amides is 1. The Bertz CT molecular complexity index is 315. The highest BCUT2D eigenvalue weighted by atomic mass is 35.5. The molecule has 22 heavy (non-hydrogen) atoms. The van der Waals surface area contributed by atoms with Gasteiger partial charge in [0.05, 0.1) is 5.75 Å². The van der Waals surface area contributed by atoms with Gasteiger partial charge in [0.15, 0.2) is 0 Å². The van der Waals surface area contributed by atoms with Crippen LogP contribution in [0.15, 0.2) is 0 Å². The first-order valence-corrected chi connectivity index (χ1v) is 8.89. The van der Waals surface area contributed by atoms with Crippen molar-refractivity contribution in [3.8, 4) is 0 Å². The summed E-state index contributed by atoms with van der Waals surface area (Å²) in [5, 5.41) is 0. The predicted molar refractivity (Wildman–Crippen MR) is 103 cm³/mol. The minimum atomic E-state index is 0. The monoisotopic (exact) mass is 373 g/mol. The second-order valence-electron chi connectivity index (χ2n) is 6.28. The van der Waals surface area contributed by atoms with E-state index in [4.69, 9.17) is 5.73 Å². The molecule has 7 heteroatoms. The lowest BCUT2D eigenvalue weighted by atomic mass is 9.80. The summed E-state index contributed by atoms with van der Waals surface area (Å²) < 4.78 is 0. The summed E-state index contributed by atoms with van der Waals surface area (Å²) in [7, 11) is 0. The van der Waals surface area contributed by atoms with Gasteiger partial charge in [-0.3, -0.25) is 4.79 Å². The first kappa shape index (κ1) is 24.6. The Labute approximate surface area is 152 Å². The highest BCUT2D eigenvalue weighted by Gasteiger charge is 2.35. The minimum absolute atomic E-state index is 0. The molecule has 0 aromatic carbocycles. The normalized spacial score (nSPS) is 20.3. The van der Waals surface area contributed by atoms with E-state index in [0.29, 0.717) is 5.75 Å². The Hall–Kier alpha value is 0.320. The van der Waals surface area contributed by atoms with E-state index >= 15 is 0 Å². The van der Waals surface area contributed by atoms with E-state index in [2.05, 4.69) is 32.6 Å². The van der Waals surface area contributed by atoms with E-state index in [1.54, 1.807) is 11.8 Å². The van der Waals surface area contributed by atoms with Gasteiger partial charge in [0.2, 0.25) is 5.91 Å². The molecule has 0 bridgehead atoms. The van der Waals surface area contributed by atoms with Crippen LogP contribution in [0.2, 0.25) is 0 Å². The number of thioether (sulfide) groups is 1. The first-order chi connectivity index (χ1) is 9.40. The lowest BCUT2D eigenvalue weighted by Gasteiger charge is -2.42. The summed E-state index contributed by atoms with van der Waals surface area (Å²) >= 11 is 1.75. The molecular formula is C15H33Cl2N3OS. The quantitative estimate of drug-likeness (QED) is 0.696. The fraction of sp³-hybridized carbons (Fsp3) is 0.933. The van der Waals surface area contributed by atoms with Crippen molar-refractivity contribution in [2.24, 2.45) is 11.1 Å². The Balaban J connectivity index is 0. The third kappa shape index (κ3) is 7.73. The fourth-order valence-electron chi connectivity index (χ4n) is 2.57. The van der Waals surface area contributed by atoms with E-state index in [-0.39, 0.29) is 42.2 Å². The van der Waals surface area contributed by atoms with Gasteiger partial charge in [-0.25, -0.2) is 0 Å². The molecule has 134 valence electrons. The van der Waals surface area contributed by atoms with Crippen LogP contribution in [-0.2, 0) is 4.79 Å². The van der Waals surface area contributed by atoms with Gasteiger partial charge in [0.1, 0.15) is 0 Å². The maximum absolute atomic E-state index is 12.2. The van der Waals surface area contributed by atoms with Crippen LogP contribution in [0, 0.1) is 5.41 Å². The van der Waals surface area contributed by atoms with E-state index in [9.17, 15) is 4.79 Å². The molecule has 0 aliphatic carbocycles. The molecule has 1 atom stereocenters. The molecule has 1 heterocycles. The lowest BCUT2D eigenvalue weighted by molar-refractivity contribution is -0.131. The van der Waals surface area contributed by atoms with Crippen molar-refractivity contribution in [3.05, 3.63) is 0 Å². The average Bonchev–Trinajstić information content (AvgIpc) is 2.41. The van der Waals surface area contributed by atoms with Crippen LogP contribution in [0.1, 0.15) is 34.1 Å². The summed E-state index contributed by atoms with van der Waals surface area (Å²) in [6.45, 7) is 13.5. The standard InChI is InChI=1S/C15H31N3OS.2ClH/c1-5-17(6-2)9-10-20-11-14(19)18-8-7-13(16)15(3,4)12-18;;/h13H,5-12,16H2,1-4H3;2*1H. The van der Waals surface area contributed by atoms with Crippen LogP contribution < -0.4 is 5.73 Å². The smallest absolute Gasteiger partial charge is 0.232 e. The van der Waals surface area contributed by atoms with Crippen molar-refractivity contribution in [2.45, 2.75) is 40.2 Å². The summed E-state index contributed by atoms with van der Waals surface area (Å²) in [5.74, 6) is 1.91. The minimum Gasteiger partial charge on any atom is -0.341 e. The van der Waals surface area contributed by atoms with Crippen molar-refractivity contribution in [2.75, 3.05) is 44.2 Å². The third-order valence-electron chi connectivity index (χ3n) is 4.34. The number of hydrogen-bond donors (Lipinski definition) is 1. The van der Waals surface area contributed by atoms with Crippen molar-refractivity contribution in [1.82, 2.24) is 9.80 Å². The van der Waals surface area contributed by atoms with Gasteiger partial charge >= 0.3 is 0 Å². The predicted octanol–water partition coefficient (Wildman–Crippen LogP) is 2.49. The van der Waals surface area contributed by atoms with Crippen LogP contribution in [0.5, 0.6) is 0 Å². The molecule has 1 rings (SSSR count). The Morgan fingerprint density at radius 1 is 1.32 bits per heavy atom. The number of carbonyl (C=O) groups excluding carboxylic acids is 1. The second kappa shape index (κ2) is 11.8. The van der Waals surface area contributed by atoms with Crippen LogP contribution >= 0.6 is 36.6 Å². The highest BCUT2D eigenvalue weighted by Crippen LogP contribution is 2.27. The Kier molecular flexibility index (Phi) is 13.2. The third-order valence-corrected chi connectivity index (χ3v) is 5.26. The topological polar surface area (TPSA) is 49.6 Å². The van der Waals surface area contributed by atoms with Crippen molar-refractivity contribution in [3.63, 3.8) is 0 Å². The van der Waals surface area contributed by atoms with Gasteiger partial charge in [-0.1, -0.05) is 27.7 Å². The second-order valence-corrected chi connectivity index (χ2v) is 7.38. The summed E-state index contributed by atoms with van der Waals surface area (Å²) in [5.41, 5.74) is 6.15.